The zero-order valence-electron chi connectivity index (χ0n) is 9.78. The predicted molar refractivity (Wildman–Crippen MR) is 78.2 cm³/mol. The van der Waals surface area contributed by atoms with Crippen LogP contribution in [0.15, 0.2) is 33.6 Å². The van der Waals surface area contributed by atoms with Gasteiger partial charge in [0, 0.05) is 18.6 Å². The van der Waals surface area contributed by atoms with Gasteiger partial charge >= 0.3 is 0 Å². The smallest absolute Gasteiger partial charge is 0.278 e. The highest BCUT2D eigenvalue weighted by atomic mass is 32.2. The lowest BCUT2D eigenvalue weighted by Gasteiger charge is -2.25. The molecule has 19 heavy (non-hydrogen) atoms. The normalized spacial score (nSPS) is 14.5. The second-order valence-corrected chi connectivity index (χ2v) is 6.67. The maximum absolute atomic E-state index is 12.2. The van der Waals surface area contributed by atoms with Crippen molar-refractivity contribution < 1.29 is 9.90 Å². The molecule has 0 fully saturated rings. The van der Waals surface area contributed by atoms with Crippen molar-refractivity contribution in [2.75, 3.05) is 12.4 Å². The Balaban J connectivity index is 1.94. The molecule has 1 aliphatic rings. The number of hydrogen-bond acceptors (Lipinski definition) is 7. The molecule has 0 saturated carbocycles. The van der Waals surface area contributed by atoms with E-state index in [2.05, 4.69) is 10.3 Å². The van der Waals surface area contributed by atoms with Gasteiger partial charge in [0.1, 0.15) is 0 Å². The van der Waals surface area contributed by atoms with Crippen molar-refractivity contribution >= 4 is 51.4 Å². The van der Waals surface area contributed by atoms with Crippen molar-refractivity contribution in [3.63, 3.8) is 0 Å². The van der Waals surface area contributed by atoms with E-state index < -0.39 is 0 Å². The molecule has 2 aromatic heterocycles. The third-order valence-corrected chi connectivity index (χ3v) is 5.22. The Morgan fingerprint density at radius 3 is 3.00 bits per heavy atom. The van der Waals surface area contributed by atoms with Crippen LogP contribution in [0.25, 0.3) is 5.76 Å². The number of rotatable bonds is 2. The standard InChI is InChI=1S/C11H9N3O2S3/c1-14-7(10(16)13-11-12-3-5-18-11)8(15)9-6(19-14)2-4-17-9/h2-5,15H,1H3,(H,12,13,16). The summed E-state index contributed by atoms with van der Waals surface area (Å²) in [5, 5.41) is 17.1. The Hall–Kier alpha value is -1.51. The number of carbonyl (C=O) groups is 1. The Morgan fingerprint density at radius 1 is 1.42 bits per heavy atom. The lowest BCUT2D eigenvalue weighted by atomic mass is 10.3. The van der Waals surface area contributed by atoms with Crippen molar-refractivity contribution in [3.8, 4) is 0 Å². The van der Waals surface area contributed by atoms with E-state index in [1.54, 1.807) is 22.9 Å². The van der Waals surface area contributed by atoms with Crippen LogP contribution in [-0.4, -0.2) is 27.4 Å². The van der Waals surface area contributed by atoms with Crippen LogP contribution >= 0.6 is 34.6 Å². The third kappa shape index (κ3) is 2.22. The molecular formula is C11H9N3O2S3. The second-order valence-electron chi connectivity index (χ2n) is 3.69. The van der Waals surface area contributed by atoms with Gasteiger partial charge in [-0.3, -0.25) is 10.1 Å². The number of aromatic nitrogens is 1. The highest BCUT2D eigenvalue weighted by Crippen LogP contribution is 2.41. The summed E-state index contributed by atoms with van der Waals surface area (Å²) in [5.74, 6) is -0.346. The average molecular weight is 311 g/mol. The van der Waals surface area contributed by atoms with Crippen LogP contribution in [0.2, 0.25) is 0 Å². The molecule has 1 aliphatic heterocycles. The Labute approximate surface area is 121 Å². The molecule has 3 rings (SSSR count). The van der Waals surface area contributed by atoms with Gasteiger partial charge < -0.3 is 9.41 Å². The molecule has 0 bridgehead atoms. The van der Waals surface area contributed by atoms with E-state index in [0.717, 1.165) is 9.77 Å². The Morgan fingerprint density at radius 2 is 2.26 bits per heavy atom. The van der Waals surface area contributed by atoms with E-state index in [4.69, 9.17) is 0 Å². The number of aliphatic hydroxyl groups is 1. The van der Waals surface area contributed by atoms with E-state index >= 15 is 0 Å². The molecule has 1 amide bonds. The summed E-state index contributed by atoms with van der Waals surface area (Å²) in [6.45, 7) is 0. The molecule has 0 saturated heterocycles. The summed E-state index contributed by atoms with van der Waals surface area (Å²) in [5.41, 5.74) is 0.246. The van der Waals surface area contributed by atoms with Crippen LogP contribution in [0.3, 0.4) is 0 Å². The van der Waals surface area contributed by atoms with Gasteiger partial charge in [-0.05, 0) is 23.4 Å². The van der Waals surface area contributed by atoms with Crippen LogP contribution < -0.4 is 5.32 Å². The fraction of sp³-hybridized carbons (Fsp3) is 0.0909. The number of nitrogens with zero attached hydrogens (tertiary/aromatic N) is 2. The molecule has 0 unspecified atom stereocenters. The SMILES string of the molecule is CN1Sc2ccsc2C(O)=C1C(=O)Nc1nccs1. The number of hydrogen-bond donors (Lipinski definition) is 2. The first-order chi connectivity index (χ1) is 9.16. The fourth-order valence-electron chi connectivity index (χ4n) is 1.68. The van der Waals surface area contributed by atoms with E-state index in [1.807, 2.05) is 11.4 Å². The molecule has 8 heteroatoms. The number of thiazole rings is 1. The Kier molecular flexibility index (Phi) is 3.21. The van der Waals surface area contributed by atoms with Gasteiger partial charge in [0.25, 0.3) is 5.91 Å². The molecule has 0 aliphatic carbocycles. The van der Waals surface area contributed by atoms with E-state index in [0.29, 0.717) is 5.13 Å². The molecule has 0 spiro atoms. The monoisotopic (exact) mass is 311 g/mol. The summed E-state index contributed by atoms with van der Waals surface area (Å²) in [6.07, 6.45) is 1.62. The van der Waals surface area contributed by atoms with E-state index in [9.17, 15) is 9.90 Å². The first-order valence-corrected chi connectivity index (χ1v) is 7.83. The first-order valence-electron chi connectivity index (χ1n) is 5.30. The zero-order chi connectivity index (χ0) is 13.4. The Bertz CT molecular complexity index is 648. The largest absolute Gasteiger partial charge is 0.504 e. The van der Waals surface area contributed by atoms with Crippen LogP contribution in [0.5, 0.6) is 0 Å². The lowest BCUT2D eigenvalue weighted by Crippen LogP contribution is -2.26. The van der Waals surface area contributed by atoms with Gasteiger partial charge in [-0.2, -0.15) is 0 Å². The number of thiophene rings is 1. The van der Waals surface area contributed by atoms with Gasteiger partial charge in [-0.25, -0.2) is 4.98 Å². The summed E-state index contributed by atoms with van der Waals surface area (Å²) >= 11 is 4.17. The molecular weight excluding hydrogens is 302 g/mol. The second kappa shape index (κ2) is 4.87. The van der Waals surface area contributed by atoms with Crippen LogP contribution in [-0.2, 0) is 4.79 Å². The number of likely N-dealkylation sites (N-methyl/N-ethyl adjacent to an activating group) is 1. The summed E-state index contributed by atoms with van der Waals surface area (Å²) < 4.78 is 1.66. The van der Waals surface area contributed by atoms with Gasteiger partial charge in [0.05, 0.1) is 9.77 Å². The quantitative estimate of drug-likeness (QED) is 0.835. The molecule has 0 aromatic carbocycles. The molecule has 5 nitrogen and oxygen atoms in total. The average Bonchev–Trinajstić information content (AvgIpc) is 2.99. The number of fused-ring (bicyclic) bond motifs is 1. The van der Waals surface area contributed by atoms with Crippen LogP contribution in [0, 0.1) is 0 Å². The summed E-state index contributed by atoms with van der Waals surface area (Å²) in [4.78, 5) is 17.9. The van der Waals surface area contributed by atoms with Crippen molar-refractivity contribution in [2.45, 2.75) is 4.90 Å². The van der Waals surface area contributed by atoms with Gasteiger partial charge in [-0.1, -0.05) is 0 Å². The highest BCUT2D eigenvalue weighted by molar-refractivity contribution is 7.97. The van der Waals surface area contributed by atoms with Gasteiger partial charge in [0.2, 0.25) is 0 Å². The van der Waals surface area contributed by atoms with Crippen LogP contribution in [0.4, 0.5) is 5.13 Å². The minimum Gasteiger partial charge on any atom is -0.504 e. The summed E-state index contributed by atoms with van der Waals surface area (Å²) in [6, 6.07) is 1.92. The number of aliphatic hydroxyl groups excluding tert-OH is 1. The number of amides is 1. The molecule has 0 radical (unpaired) electrons. The fourth-order valence-corrected chi connectivity index (χ4v) is 4.15. The van der Waals surface area contributed by atoms with Crippen molar-refractivity contribution in [1.29, 1.82) is 0 Å². The van der Waals surface area contributed by atoms with Crippen molar-refractivity contribution in [3.05, 3.63) is 33.6 Å². The third-order valence-electron chi connectivity index (χ3n) is 2.49. The van der Waals surface area contributed by atoms with E-state index in [1.165, 1.54) is 34.6 Å². The predicted octanol–water partition coefficient (Wildman–Crippen LogP) is 3.02. The molecule has 2 N–H and O–H groups in total. The topological polar surface area (TPSA) is 65.5 Å². The van der Waals surface area contributed by atoms with Crippen LogP contribution in [0.1, 0.15) is 4.88 Å². The highest BCUT2D eigenvalue weighted by Gasteiger charge is 2.29. The minimum absolute atomic E-state index is 0.0142. The zero-order valence-corrected chi connectivity index (χ0v) is 12.2. The maximum Gasteiger partial charge on any atom is 0.278 e. The molecule has 98 valence electrons. The van der Waals surface area contributed by atoms with Crippen molar-refractivity contribution in [2.24, 2.45) is 0 Å². The van der Waals surface area contributed by atoms with Gasteiger partial charge in [0.15, 0.2) is 16.6 Å². The molecule has 3 heterocycles. The number of nitrogens with one attached hydrogen (secondary N) is 1. The number of carbonyl (C=O) groups excluding carboxylic acids is 1. The minimum atomic E-state index is -0.360. The van der Waals surface area contributed by atoms with E-state index in [-0.39, 0.29) is 17.4 Å². The molecule has 0 atom stereocenters. The first kappa shape index (κ1) is 12.5. The maximum atomic E-state index is 12.2. The van der Waals surface area contributed by atoms with Gasteiger partial charge in [-0.15, -0.1) is 22.7 Å². The summed E-state index contributed by atoms with van der Waals surface area (Å²) in [7, 11) is 1.75. The lowest BCUT2D eigenvalue weighted by molar-refractivity contribution is -0.113. The molecule has 2 aromatic rings. The number of anilines is 1. The van der Waals surface area contributed by atoms with Crippen molar-refractivity contribution in [1.82, 2.24) is 9.29 Å².